The monoisotopic (exact) mass is 363 g/mol. The number of carboxylic acid groups (broad SMARTS) is 1. The molecule has 2 aromatic rings. The number of carbonyl (C=O) groups is 2. The second-order valence-electron chi connectivity index (χ2n) is 6.67. The van der Waals surface area contributed by atoms with Crippen molar-refractivity contribution in [1.29, 1.82) is 0 Å². The number of ketones is 1. The molecule has 0 fully saturated rings. The first-order valence-corrected chi connectivity index (χ1v) is 9.01. The van der Waals surface area contributed by atoms with Crippen LogP contribution >= 0.6 is 0 Å². The minimum absolute atomic E-state index is 0.103. The molecular weight excluding hydrogens is 338 g/mol. The Morgan fingerprint density at radius 3 is 2.41 bits per heavy atom. The van der Waals surface area contributed by atoms with Crippen LogP contribution in [-0.4, -0.2) is 21.8 Å². The van der Waals surface area contributed by atoms with Crippen LogP contribution in [-0.2, 0) is 11.2 Å². The number of carbonyl (C=O) groups excluding carboxylic acids is 1. The van der Waals surface area contributed by atoms with E-state index in [0.29, 0.717) is 6.42 Å². The molecule has 2 atom stereocenters. The third-order valence-corrected chi connectivity index (χ3v) is 4.72. The number of hydrogen-bond donors (Lipinski definition) is 1. The molecule has 0 amide bonds. The van der Waals surface area contributed by atoms with Crippen LogP contribution in [0.2, 0.25) is 0 Å². The quantitative estimate of drug-likeness (QED) is 0.540. The van der Waals surface area contributed by atoms with E-state index in [0.717, 1.165) is 16.7 Å². The van der Waals surface area contributed by atoms with E-state index in [1.54, 1.807) is 24.4 Å². The van der Waals surface area contributed by atoms with E-state index in [1.165, 1.54) is 6.20 Å². The Labute approximate surface area is 160 Å². The number of nitrogens with zero attached hydrogens (tertiary/aromatic N) is 1. The lowest BCUT2D eigenvalue weighted by Gasteiger charge is -2.18. The summed E-state index contributed by atoms with van der Waals surface area (Å²) in [5.74, 6) is -0.857. The molecule has 1 aromatic heterocycles. The Hall–Kier alpha value is -3.01. The number of aromatic nitrogens is 1. The summed E-state index contributed by atoms with van der Waals surface area (Å²) in [5.41, 5.74) is 3.23. The Bertz CT molecular complexity index is 850. The third-order valence-electron chi connectivity index (χ3n) is 4.72. The van der Waals surface area contributed by atoms with Crippen LogP contribution in [0.15, 0.2) is 67.0 Å². The van der Waals surface area contributed by atoms with Gasteiger partial charge in [-0.1, -0.05) is 56.3 Å². The summed E-state index contributed by atoms with van der Waals surface area (Å²) in [6, 6.07) is 9.75. The Kier molecular flexibility index (Phi) is 7.24. The van der Waals surface area contributed by atoms with E-state index in [4.69, 9.17) is 5.11 Å². The number of pyridine rings is 1. The summed E-state index contributed by atoms with van der Waals surface area (Å²) in [4.78, 5) is 27.3. The molecule has 1 heterocycles. The Morgan fingerprint density at radius 1 is 1.07 bits per heavy atom. The van der Waals surface area contributed by atoms with E-state index >= 15 is 0 Å². The average molecular weight is 363 g/mol. The van der Waals surface area contributed by atoms with E-state index in [2.05, 4.69) is 11.9 Å². The summed E-state index contributed by atoms with van der Waals surface area (Å²) in [7, 11) is 0. The second-order valence-corrected chi connectivity index (χ2v) is 6.67. The first-order valence-electron chi connectivity index (χ1n) is 9.01. The predicted molar refractivity (Wildman–Crippen MR) is 107 cm³/mol. The highest BCUT2D eigenvalue weighted by Crippen LogP contribution is 2.26. The first kappa shape index (κ1) is 20.3. The van der Waals surface area contributed by atoms with Gasteiger partial charge in [0.1, 0.15) is 0 Å². The molecule has 0 spiro atoms. The molecule has 0 saturated carbocycles. The van der Waals surface area contributed by atoms with Gasteiger partial charge in [0.2, 0.25) is 0 Å². The zero-order chi connectivity index (χ0) is 19.8. The van der Waals surface area contributed by atoms with Gasteiger partial charge in [0, 0.05) is 18.3 Å². The van der Waals surface area contributed by atoms with Gasteiger partial charge >= 0.3 is 5.97 Å². The van der Waals surface area contributed by atoms with Gasteiger partial charge in [0.05, 0.1) is 5.56 Å². The maximum absolute atomic E-state index is 12.3. The fourth-order valence-corrected chi connectivity index (χ4v) is 2.82. The minimum atomic E-state index is -0.976. The van der Waals surface area contributed by atoms with Gasteiger partial charge in [-0.15, -0.1) is 0 Å². The van der Waals surface area contributed by atoms with Gasteiger partial charge in [-0.05, 0) is 48.1 Å². The molecule has 4 heteroatoms. The zero-order valence-corrected chi connectivity index (χ0v) is 15.9. The minimum Gasteiger partial charge on any atom is -0.478 e. The molecule has 0 aliphatic carbocycles. The van der Waals surface area contributed by atoms with Crippen LogP contribution in [0.1, 0.15) is 53.7 Å². The van der Waals surface area contributed by atoms with E-state index in [1.807, 2.05) is 50.3 Å². The highest BCUT2D eigenvalue weighted by atomic mass is 16.4. The number of benzene rings is 1. The number of hydrogen-bond acceptors (Lipinski definition) is 3. The van der Waals surface area contributed by atoms with Crippen molar-refractivity contribution in [3.63, 3.8) is 0 Å². The van der Waals surface area contributed by atoms with Crippen LogP contribution in [0.25, 0.3) is 0 Å². The molecule has 2 unspecified atom stereocenters. The molecule has 0 aliphatic heterocycles. The lowest BCUT2D eigenvalue weighted by atomic mass is 9.85. The number of aromatic carboxylic acids is 1. The molecule has 27 heavy (non-hydrogen) atoms. The van der Waals surface area contributed by atoms with Gasteiger partial charge in [-0.3, -0.25) is 9.78 Å². The van der Waals surface area contributed by atoms with Gasteiger partial charge < -0.3 is 5.11 Å². The molecule has 1 aromatic carbocycles. The number of carboxylic acids is 1. The summed E-state index contributed by atoms with van der Waals surface area (Å²) in [6.07, 6.45) is 10.8. The highest BCUT2D eigenvalue weighted by molar-refractivity contribution is 5.92. The van der Waals surface area contributed by atoms with Crippen molar-refractivity contribution in [2.75, 3.05) is 0 Å². The van der Waals surface area contributed by atoms with Crippen LogP contribution in [0.5, 0.6) is 0 Å². The molecule has 140 valence electrons. The van der Waals surface area contributed by atoms with E-state index < -0.39 is 5.97 Å². The molecule has 2 rings (SSSR count). The molecule has 4 nitrogen and oxygen atoms in total. The van der Waals surface area contributed by atoms with Crippen molar-refractivity contribution >= 4 is 11.8 Å². The summed E-state index contributed by atoms with van der Waals surface area (Å²) in [5, 5.41) is 9.06. The molecular formula is C23H25NO3. The average Bonchev–Trinajstić information content (AvgIpc) is 2.67. The fraction of sp³-hybridized carbons (Fsp3) is 0.261. The van der Waals surface area contributed by atoms with Crippen molar-refractivity contribution in [2.45, 2.75) is 33.1 Å². The Morgan fingerprint density at radius 2 is 1.78 bits per heavy atom. The molecule has 0 radical (unpaired) electrons. The van der Waals surface area contributed by atoms with Crippen LogP contribution in [0.4, 0.5) is 0 Å². The van der Waals surface area contributed by atoms with Crippen molar-refractivity contribution in [3.8, 4) is 0 Å². The lowest BCUT2D eigenvalue weighted by molar-refractivity contribution is -0.118. The Balaban J connectivity index is 2.07. The van der Waals surface area contributed by atoms with Gasteiger partial charge in [0.15, 0.2) is 5.78 Å². The maximum Gasteiger partial charge on any atom is 0.337 e. The largest absolute Gasteiger partial charge is 0.478 e. The fourth-order valence-electron chi connectivity index (χ4n) is 2.82. The standard InChI is InChI=1S/C23H25NO3/c1-4-5-6-7-22(25)17(3)16(2)20-10-8-18(9-11-20)12-19-13-21(23(26)27)15-24-14-19/h4-11,13-17H,12H2,1-3H3,(H,26,27). The number of rotatable bonds is 8. The smallest absolute Gasteiger partial charge is 0.337 e. The molecule has 0 saturated heterocycles. The van der Waals surface area contributed by atoms with Gasteiger partial charge in [-0.2, -0.15) is 0 Å². The third kappa shape index (κ3) is 5.74. The molecule has 0 bridgehead atoms. The summed E-state index contributed by atoms with van der Waals surface area (Å²) in [6.45, 7) is 5.92. The summed E-state index contributed by atoms with van der Waals surface area (Å²) < 4.78 is 0. The van der Waals surface area contributed by atoms with E-state index in [9.17, 15) is 9.59 Å². The zero-order valence-electron chi connectivity index (χ0n) is 15.9. The van der Waals surface area contributed by atoms with Gasteiger partial charge in [-0.25, -0.2) is 4.79 Å². The second kappa shape index (κ2) is 9.62. The molecule has 1 N–H and O–H groups in total. The maximum atomic E-state index is 12.3. The van der Waals surface area contributed by atoms with Crippen molar-refractivity contribution in [1.82, 2.24) is 4.98 Å². The van der Waals surface area contributed by atoms with Crippen LogP contribution < -0.4 is 0 Å². The molecule has 0 aliphatic rings. The predicted octanol–water partition coefficient (Wildman–Crippen LogP) is 4.81. The van der Waals surface area contributed by atoms with E-state index in [-0.39, 0.29) is 23.2 Å². The van der Waals surface area contributed by atoms with Crippen molar-refractivity contribution < 1.29 is 14.7 Å². The summed E-state index contributed by atoms with van der Waals surface area (Å²) >= 11 is 0. The van der Waals surface area contributed by atoms with Gasteiger partial charge in [0.25, 0.3) is 0 Å². The highest BCUT2D eigenvalue weighted by Gasteiger charge is 2.19. The first-order chi connectivity index (χ1) is 12.9. The normalized spacial score (nSPS) is 13.7. The number of allylic oxidation sites excluding steroid dienone is 4. The van der Waals surface area contributed by atoms with Crippen LogP contribution in [0, 0.1) is 5.92 Å². The van der Waals surface area contributed by atoms with Crippen LogP contribution in [0.3, 0.4) is 0 Å². The van der Waals surface area contributed by atoms with Crippen molar-refractivity contribution in [2.24, 2.45) is 5.92 Å². The SMILES string of the molecule is CC=CC=CC(=O)C(C)C(C)c1ccc(Cc2cncc(C(=O)O)c2)cc1. The van der Waals surface area contributed by atoms with Crippen molar-refractivity contribution in [3.05, 3.63) is 89.3 Å². The lowest BCUT2D eigenvalue weighted by Crippen LogP contribution is -2.15. The topological polar surface area (TPSA) is 67.3 Å².